The normalized spacial score (nSPS) is 30.3. The number of aryl methyl sites for hydroxylation is 1. The van der Waals surface area contributed by atoms with Gasteiger partial charge in [0.2, 0.25) is 0 Å². The van der Waals surface area contributed by atoms with Gasteiger partial charge < -0.3 is 15.5 Å². The summed E-state index contributed by atoms with van der Waals surface area (Å²) in [6.45, 7) is 1.93. The molecule has 2 unspecified atom stereocenters. The summed E-state index contributed by atoms with van der Waals surface area (Å²) >= 11 is 0. The topological polar surface area (TPSA) is 81.2 Å². The van der Waals surface area contributed by atoms with Crippen LogP contribution in [0.15, 0.2) is 22.6 Å². The van der Waals surface area contributed by atoms with Crippen LogP contribution in [0.2, 0.25) is 0 Å². The molecule has 122 valence electrons. The monoisotopic (exact) mass is 313 g/mol. The summed E-state index contributed by atoms with van der Waals surface area (Å²) in [5.74, 6) is 1.24. The third kappa shape index (κ3) is 2.74. The number of fused-ring (bicyclic) bond motifs is 3. The first-order chi connectivity index (χ1) is 11.1. The minimum atomic E-state index is -0.127. The molecule has 0 saturated heterocycles. The second-order valence-corrected chi connectivity index (χ2v) is 7.13. The molecule has 3 N–H and O–H groups in total. The molecule has 5 heteroatoms. The minimum Gasteiger partial charge on any atom is -0.449 e. The van der Waals surface area contributed by atoms with E-state index in [1.165, 1.54) is 6.42 Å². The molecule has 2 fully saturated rings. The van der Waals surface area contributed by atoms with Crippen molar-refractivity contribution in [2.45, 2.75) is 51.1 Å². The third-order valence-electron chi connectivity index (χ3n) is 5.41. The molecule has 0 radical (unpaired) electrons. The fourth-order valence-corrected chi connectivity index (χ4v) is 4.39. The molecule has 2 aliphatic carbocycles. The number of nitrogens with two attached hydrogens (primary N) is 1. The van der Waals surface area contributed by atoms with Crippen molar-refractivity contribution in [3.05, 3.63) is 29.7 Å². The van der Waals surface area contributed by atoms with Gasteiger partial charge in [0.25, 0.3) is 5.91 Å². The van der Waals surface area contributed by atoms with E-state index in [0.29, 0.717) is 23.2 Å². The Hall–Kier alpha value is -1.88. The average molecular weight is 313 g/mol. The van der Waals surface area contributed by atoms with Crippen LogP contribution in [0.25, 0.3) is 11.1 Å². The predicted molar refractivity (Wildman–Crippen MR) is 88.0 cm³/mol. The van der Waals surface area contributed by atoms with Crippen molar-refractivity contribution < 1.29 is 9.21 Å². The smallest absolute Gasteiger partial charge is 0.287 e. The van der Waals surface area contributed by atoms with E-state index < -0.39 is 0 Å². The number of rotatable bonds is 2. The molecule has 0 aliphatic heterocycles. The van der Waals surface area contributed by atoms with E-state index in [-0.39, 0.29) is 18.0 Å². The molecular formula is C18H23N3O2. The number of amides is 1. The SMILES string of the molecule is Cc1ccc2oc(C(=O)NC3C4CCCC3CC(N)C4)cc2n1. The van der Waals surface area contributed by atoms with Crippen molar-refractivity contribution >= 4 is 17.0 Å². The summed E-state index contributed by atoms with van der Waals surface area (Å²) < 4.78 is 5.67. The Labute approximate surface area is 135 Å². The summed E-state index contributed by atoms with van der Waals surface area (Å²) in [6, 6.07) is 6.02. The van der Waals surface area contributed by atoms with Crippen LogP contribution in [0.4, 0.5) is 0 Å². The van der Waals surface area contributed by atoms with E-state index in [4.69, 9.17) is 10.2 Å². The number of aromatic nitrogens is 1. The van der Waals surface area contributed by atoms with E-state index in [2.05, 4.69) is 10.3 Å². The van der Waals surface area contributed by atoms with Crippen LogP contribution in [0, 0.1) is 18.8 Å². The van der Waals surface area contributed by atoms with Crippen LogP contribution >= 0.6 is 0 Å². The summed E-state index contributed by atoms with van der Waals surface area (Å²) in [5.41, 5.74) is 8.47. The van der Waals surface area contributed by atoms with E-state index >= 15 is 0 Å². The van der Waals surface area contributed by atoms with Gasteiger partial charge in [-0.2, -0.15) is 0 Å². The number of nitrogens with zero attached hydrogens (tertiary/aromatic N) is 1. The lowest BCUT2D eigenvalue weighted by molar-refractivity contribution is 0.0734. The highest BCUT2D eigenvalue weighted by Gasteiger charge is 2.40. The maximum atomic E-state index is 12.6. The number of hydrogen-bond acceptors (Lipinski definition) is 4. The zero-order valence-corrected chi connectivity index (χ0v) is 13.4. The van der Waals surface area contributed by atoms with E-state index in [1.807, 2.05) is 19.1 Å². The second-order valence-electron chi connectivity index (χ2n) is 7.13. The molecule has 4 rings (SSSR count). The summed E-state index contributed by atoms with van der Waals surface area (Å²) in [4.78, 5) is 17.0. The van der Waals surface area contributed by atoms with E-state index in [1.54, 1.807) is 6.07 Å². The highest BCUT2D eigenvalue weighted by Crippen LogP contribution is 2.39. The van der Waals surface area contributed by atoms with Gasteiger partial charge in [-0.1, -0.05) is 6.42 Å². The maximum Gasteiger partial charge on any atom is 0.287 e. The zero-order chi connectivity index (χ0) is 16.0. The molecule has 2 bridgehead atoms. The quantitative estimate of drug-likeness (QED) is 0.893. The molecule has 2 atom stereocenters. The van der Waals surface area contributed by atoms with Crippen molar-refractivity contribution in [1.29, 1.82) is 0 Å². The Morgan fingerprint density at radius 3 is 2.78 bits per heavy atom. The summed E-state index contributed by atoms with van der Waals surface area (Å²) in [6.07, 6.45) is 5.61. The fraction of sp³-hybridized carbons (Fsp3) is 0.556. The molecule has 2 aromatic heterocycles. The van der Waals surface area contributed by atoms with Gasteiger partial charge >= 0.3 is 0 Å². The van der Waals surface area contributed by atoms with Gasteiger partial charge in [-0.3, -0.25) is 4.79 Å². The molecule has 2 aliphatic rings. The van der Waals surface area contributed by atoms with Gasteiger partial charge in [-0.05, 0) is 56.6 Å². The number of nitrogens with one attached hydrogen (secondary N) is 1. The maximum absolute atomic E-state index is 12.6. The predicted octanol–water partition coefficient (Wildman–Crippen LogP) is 2.77. The Kier molecular flexibility index (Phi) is 3.60. The van der Waals surface area contributed by atoms with Crippen LogP contribution in [0.1, 0.15) is 48.4 Å². The van der Waals surface area contributed by atoms with Crippen molar-refractivity contribution in [1.82, 2.24) is 10.3 Å². The number of pyridine rings is 1. The lowest BCUT2D eigenvalue weighted by atomic mass is 9.67. The van der Waals surface area contributed by atoms with Crippen LogP contribution in [0.3, 0.4) is 0 Å². The number of carbonyl (C=O) groups is 1. The standard InChI is InChI=1S/C18H23N3O2/c1-10-5-6-15-14(20-10)9-16(23-15)18(22)21-17-11-3-2-4-12(17)8-13(19)7-11/h5-6,9,11-13,17H,2-4,7-8,19H2,1H3,(H,21,22). The van der Waals surface area contributed by atoms with Crippen LogP contribution in [-0.4, -0.2) is 23.0 Å². The average Bonchev–Trinajstić information content (AvgIpc) is 2.91. The molecular weight excluding hydrogens is 290 g/mol. The van der Waals surface area contributed by atoms with Crippen molar-refractivity contribution in [3.8, 4) is 0 Å². The second kappa shape index (κ2) is 5.64. The first-order valence-corrected chi connectivity index (χ1v) is 8.54. The largest absolute Gasteiger partial charge is 0.449 e. The summed E-state index contributed by atoms with van der Waals surface area (Å²) in [7, 11) is 0. The van der Waals surface area contributed by atoms with Crippen molar-refractivity contribution in [2.24, 2.45) is 17.6 Å². The van der Waals surface area contributed by atoms with Crippen LogP contribution in [0.5, 0.6) is 0 Å². The van der Waals surface area contributed by atoms with Gasteiger partial charge in [0.05, 0.1) is 0 Å². The lowest BCUT2D eigenvalue weighted by Gasteiger charge is -2.45. The van der Waals surface area contributed by atoms with Gasteiger partial charge in [-0.25, -0.2) is 4.98 Å². The molecule has 2 heterocycles. The minimum absolute atomic E-state index is 0.127. The molecule has 2 saturated carbocycles. The van der Waals surface area contributed by atoms with E-state index in [0.717, 1.165) is 36.9 Å². The first kappa shape index (κ1) is 14.7. The van der Waals surface area contributed by atoms with E-state index in [9.17, 15) is 4.79 Å². The van der Waals surface area contributed by atoms with Gasteiger partial charge in [0.15, 0.2) is 11.3 Å². The highest BCUT2D eigenvalue weighted by atomic mass is 16.3. The van der Waals surface area contributed by atoms with Crippen LogP contribution in [-0.2, 0) is 0 Å². The highest BCUT2D eigenvalue weighted by molar-refractivity contribution is 5.95. The Morgan fingerprint density at radius 1 is 1.30 bits per heavy atom. The Balaban J connectivity index is 1.54. The first-order valence-electron chi connectivity index (χ1n) is 8.54. The molecule has 0 aromatic carbocycles. The lowest BCUT2D eigenvalue weighted by Crippen LogP contribution is -2.53. The van der Waals surface area contributed by atoms with Crippen molar-refractivity contribution in [3.63, 3.8) is 0 Å². The number of hydrogen-bond donors (Lipinski definition) is 2. The number of furan rings is 1. The van der Waals surface area contributed by atoms with Gasteiger partial charge in [0.1, 0.15) is 5.52 Å². The molecule has 2 aromatic rings. The molecule has 23 heavy (non-hydrogen) atoms. The number of carbonyl (C=O) groups excluding carboxylic acids is 1. The van der Waals surface area contributed by atoms with Crippen LogP contribution < -0.4 is 11.1 Å². The van der Waals surface area contributed by atoms with Crippen molar-refractivity contribution in [2.75, 3.05) is 0 Å². The molecule has 1 amide bonds. The molecule has 5 nitrogen and oxygen atoms in total. The third-order valence-corrected chi connectivity index (χ3v) is 5.41. The Morgan fingerprint density at radius 2 is 2.04 bits per heavy atom. The Bertz CT molecular complexity index is 725. The molecule has 0 spiro atoms. The zero-order valence-electron chi connectivity index (χ0n) is 13.4. The van der Waals surface area contributed by atoms with Gasteiger partial charge in [0, 0.05) is 23.8 Å². The fourth-order valence-electron chi connectivity index (χ4n) is 4.39. The van der Waals surface area contributed by atoms with Gasteiger partial charge in [-0.15, -0.1) is 0 Å². The summed E-state index contributed by atoms with van der Waals surface area (Å²) in [5, 5.41) is 3.22.